The van der Waals surface area contributed by atoms with Crippen molar-refractivity contribution >= 4 is 5.91 Å². The normalized spacial score (nSPS) is 14.8. The lowest BCUT2D eigenvalue weighted by molar-refractivity contribution is 0.0587. The van der Waals surface area contributed by atoms with Gasteiger partial charge in [-0.2, -0.15) is 4.98 Å². The summed E-state index contributed by atoms with van der Waals surface area (Å²) >= 11 is 0. The molecule has 7 heteroatoms. The van der Waals surface area contributed by atoms with Gasteiger partial charge in [-0.05, 0) is 31.5 Å². The maximum absolute atomic E-state index is 12.8. The first-order valence-corrected chi connectivity index (χ1v) is 9.90. The van der Waals surface area contributed by atoms with Crippen molar-refractivity contribution in [1.29, 1.82) is 0 Å². The van der Waals surface area contributed by atoms with Crippen LogP contribution in [0.4, 0.5) is 0 Å². The van der Waals surface area contributed by atoms with Crippen molar-refractivity contribution in [3.8, 4) is 5.88 Å². The largest absolute Gasteiger partial charge is 0.474 e. The van der Waals surface area contributed by atoms with Gasteiger partial charge >= 0.3 is 0 Å². The number of carbonyl (C=O) groups is 1. The summed E-state index contributed by atoms with van der Waals surface area (Å²) in [6.45, 7) is 5.91. The third kappa shape index (κ3) is 4.80. The van der Waals surface area contributed by atoms with Gasteiger partial charge in [0.15, 0.2) is 0 Å². The molecule has 3 heterocycles. The Labute approximate surface area is 170 Å². The molecule has 1 aliphatic heterocycles. The molecule has 0 spiro atoms. The van der Waals surface area contributed by atoms with E-state index in [4.69, 9.17) is 4.74 Å². The molecule has 1 aliphatic rings. The molecule has 0 radical (unpaired) electrons. The number of carbonyl (C=O) groups excluding carboxylic acids is 1. The summed E-state index contributed by atoms with van der Waals surface area (Å²) in [5.74, 6) is 1.41. The number of amides is 1. The maximum atomic E-state index is 12.8. The molecule has 0 atom stereocenters. The van der Waals surface area contributed by atoms with Crippen LogP contribution < -0.4 is 4.74 Å². The number of imidazole rings is 1. The van der Waals surface area contributed by atoms with E-state index in [-0.39, 0.29) is 12.0 Å². The monoisotopic (exact) mass is 391 g/mol. The van der Waals surface area contributed by atoms with Gasteiger partial charge in [0.1, 0.15) is 11.9 Å². The molecule has 0 saturated carbocycles. The van der Waals surface area contributed by atoms with E-state index in [0.29, 0.717) is 24.8 Å². The molecular weight excluding hydrogens is 366 g/mol. The fourth-order valence-corrected chi connectivity index (χ4v) is 3.62. The second-order valence-electron chi connectivity index (χ2n) is 7.44. The number of likely N-dealkylation sites (tertiary alicyclic amines) is 1. The van der Waals surface area contributed by atoms with Gasteiger partial charge in [0.2, 0.25) is 5.88 Å². The van der Waals surface area contributed by atoms with Gasteiger partial charge in [-0.15, -0.1) is 0 Å². The van der Waals surface area contributed by atoms with Crippen LogP contribution in [0.25, 0.3) is 0 Å². The van der Waals surface area contributed by atoms with Gasteiger partial charge in [-0.1, -0.05) is 12.1 Å². The van der Waals surface area contributed by atoms with Gasteiger partial charge in [0.25, 0.3) is 5.91 Å². The Morgan fingerprint density at radius 2 is 1.90 bits per heavy atom. The van der Waals surface area contributed by atoms with Crippen LogP contribution in [0, 0.1) is 13.8 Å². The van der Waals surface area contributed by atoms with Gasteiger partial charge in [0.05, 0.1) is 6.33 Å². The summed E-state index contributed by atoms with van der Waals surface area (Å²) in [4.78, 5) is 27.4. The topological polar surface area (TPSA) is 73.1 Å². The zero-order valence-corrected chi connectivity index (χ0v) is 16.8. The smallest absolute Gasteiger partial charge is 0.253 e. The van der Waals surface area contributed by atoms with E-state index in [2.05, 4.69) is 15.0 Å². The number of hydrogen-bond donors (Lipinski definition) is 0. The number of hydrogen-bond acceptors (Lipinski definition) is 5. The average molecular weight is 391 g/mol. The number of nitrogens with zero attached hydrogens (tertiary/aromatic N) is 5. The first kappa shape index (κ1) is 19.1. The SMILES string of the molecule is Cc1cc(OC2CCN(C(=O)c3ccc(Cn4ccnc4)cc3)CC2)nc(C)n1. The number of benzene rings is 1. The molecule has 1 fully saturated rings. The van der Waals surface area contributed by atoms with Crippen LogP contribution in [0.5, 0.6) is 5.88 Å². The van der Waals surface area contributed by atoms with Crippen LogP contribution >= 0.6 is 0 Å². The lowest BCUT2D eigenvalue weighted by Gasteiger charge is -2.32. The summed E-state index contributed by atoms with van der Waals surface area (Å²) in [6, 6.07) is 9.68. The first-order chi connectivity index (χ1) is 14.1. The number of ether oxygens (including phenoxy) is 1. The average Bonchev–Trinajstić information content (AvgIpc) is 3.21. The molecule has 1 aromatic carbocycles. The molecule has 3 aromatic rings. The number of aromatic nitrogens is 4. The third-order valence-corrected chi connectivity index (χ3v) is 5.08. The molecule has 0 N–H and O–H groups in total. The van der Waals surface area contributed by atoms with E-state index in [9.17, 15) is 4.79 Å². The highest BCUT2D eigenvalue weighted by Crippen LogP contribution is 2.20. The zero-order chi connectivity index (χ0) is 20.2. The summed E-state index contributed by atoms with van der Waals surface area (Å²) in [7, 11) is 0. The van der Waals surface area contributed by atoms with Crippen LogP contribution in [0.2, 0.25) is 0 Å². The van der Waals surface area contributed by atoms with Crippen molar-refractivity contribution in [2.75, 3.05) is 13.1 Å². The van der Waals surface area contributed by atoms with E-state index in [1.165, 1.54) is 0 Å². The van der Waals surface area contributed by atoms with E-state index in [0.717, 1.165) is 36.2 Å². The second-order valence-corrected chi connectivity index (χ2v) is 7.44. The van der Waals surface area contributed by atoms with Gasteiger partial charge in [-0.3, -0.25) is 4.79 Å². The Kier molecular flexibility index (Phi) is 5.55. The molecule has 1 amide bonds. The molecule has 150 valence electrons. The van der Waals surface area contributed by atoms with Gasteiger partial charge < -0.3 is 14.2 Å². The summed E-state index contributed by atoms with van der Waals surface area (Å²) in [5.41, 5.74) is 2.76. The predicted molar refractivity (Wildman–Crippen MR) is 109 cm³/mol. The number of aryl methyl sites for hydroxylation is 2. The minimum atomic E-state index is 0.0744. The van der Waals surface area contributed by atoms with Crippen molar-refractivity contribution < 1.29 is 9.53 Å². The minimum Gasteiger partial charge on any atom is -0.474 e. The minimum absolute atomic E-state index is 0.0744. The Hall–Kier alpha value is -3.22. The van der Waals surface area contributed by atoms with Crippen molar-refractivity contribution in [3.63, 3.8) is 0 Å². The molecule has 29 heavy (non-hydrogen) atoms. The molecule has 0 unspecified atom stereocenters. The van der Waals surface area contributed by atoms with E-state index in [1.807, 2.05) is 59.8 Å². The van der Waals surface area contributed by atoms with E-state index < -0.39 is 0 Å². The Morgan fingerprint density at radius 3 is 2.55 bits per heavy atom. The quantitative estimate of drug-likeness (QED) is 0.668. The van der Waals surface area contributed by atoms with Crippen molar-refractivity contribution in [3.05, 3.63) is 71.7 Å². The molecule has 0 aliphatic carbocycles. The number of piperidine rings is 1. The Bertz CT molecular complexity index is 941. The van der Waals surface area contributed by atoms with Crippen LogP contribution in [0.3, 0.4) is 0 Å². The zero-order valence-electron chi connectivity index (χ0n) is 16.8. The van der Waals surface area contributed by atoms with Crippen LogP contribution in [-0.2, 0) is 6.54 Å². The third-order valence-electron chi connectivity index (χ3n) is 5.08. The summed E-state index contributed by atoms with van der Waals surface area (Å²) in [6.07, 6.45) is 7.15. The highest BCUT2D eigenvalue weighted by Gasteiger charge is 2.25. The number of rotatable bonds is 5. The highest BCUT2D eigenvalue weighted by molar-refractivity contribution is 5.94. The van der Waals surface area contributed by atoms with Gasteiger partial charge in [-0.25, -0.2) is 9.97 Å². The molecule has 4 rings (SSSR count). The second kappa shape index (κ2) is 8.43. The van der Waals surface area contributed by atoms with Crippen molar-refractivity contribution in [2.24, 2.45) is 0 Å². The molecule has 0 bridgehead atoms. The van der Waals surface area contributed by atoms with Crippen LogP contribution in [-0.4, -0.2) is 49.5 Å². The van der Waals surface area contributed by atoms with Crippen LogP contribution in [0.1, 0.15) is 40.3 Å². The Morgan fingerprint density at radius 1 is 1.14 bits per heavy atom. The fraction of sp³-hybridized carbons (Fsp3) is 0.364. The van der Waals surface area contributed by atoms with E-state index in [1.54, 1.807) is 12.5 Å². The van der Waals surface area contributed by atoms with Gasteiger partial charge in [0, 0.05) is 62.2 Å². The van der Waals surface area contributed by atoms with Crippen molar-refractivity contribution in [1.82, 2.24) is 24.4 Å². The Balaban J connectivity index is 1.31. The lowest BCUT2D eigenvalue weighted by atomic mass is 10.1. The maximum Gasteiger partial charge on any atom is 0.253 e. The predicted octanol–water partition coefficient (Wildman–Crippen LogP) is 3.02. The molecule has 2 aromatic heterocycles. The lowest BCUT2D eigenvalue weighted by Crippen LogP contribution is -2.41. The highest BCUT2D eigenvalue weighted by atomic mass is 16.5. The fourth-order valence-electron chi connectivity index (χ4n) is 3.62. The van der Waals surface area contributed by atoms with Crippen LogP contribution in [0.15, 0.2) is 49.1 Å². The summed E-state index contributed by atoms with van der Waals surface area (Å²) in [5, 5.41) is 0. The first-order valence-electron chi connectivity index (χ1n) is 9.90. The van der Waals surface area contributed by atoms with E-state index >= 15 is 0 Å². The van der Waals surface area contributed by atoms with Crippen molar-refractivity contribution in [2.45, 2.75) is 39.3 Å². The summed E-state index contributed by atoms with van der Waals surface area (Å²) < 4.78 is 8.02. The molecule has 7 nitrogen and oxygen atoms in total. The standard InChI is InChI=1S/C22H25N5O2/c1-16-13-21(25-17(2)24-16)29-20-7-10-27(11-8-20)22(28)19-5-3-18(4-6-19)14-26-12-9-23-15-26/h3-6,9,12-13,15,20H,7-8,10-11,14H2,1-2H3. The molecular formula is C22H25N5O2. The molecule has 1 saturated heterocycles.